The van der Waals surface area contributed by atoms with Crippen molar-refractivity contribution in [1.29, 1.82) is 0 Å². The molecule has 2 rings (SSSR count). The lowest BCUT2D eigenvalue weighted by Gasteiger charge is -2.40. The molecule has 0 N–H and O–H groups in total. The van der Waals surface area contributed by atoms with Crippen LogP contribution >= 0.6 is 0 Å². The summed E-state index contributed by atoms with van der Waals surface area (Å²) in [5, 5.41) is 0. The molecule has 1 aliphatic heterocycles. The minimum atomic E-state index is -1.08. The predicted molar refractivity (Wildman–Crippen MR) is 104 cm³/mol. The van der Waals surface area contributed by atoms with Crippen LogP contribution in [0.4, 0.5) is 4.79 Å². The van der Waals surface area contributed by atoms with Crippen LogP contribution in [0.1, 0.15) is 47.1 Å². The maximum Gasteiger partial charge on any atom is 0.421 e. The minimum absolute atomic E-state index is 0.211. The third-order valence-corrected chi connectivity index (χ3v) is 4.08. The Morgan fingerprint density at radius 1 is 1.11 bits per heavy atom. The van der Waals surface area contributed by atoms with Gasteiger partial charge < -0.3 is 4.74 Å². The van der Waals surface area contributed by atoms with Crippen molar-refractivity contribution < 1.29 is 23.9 Å². The quantitative estimate of drug-likeness (QED) is 0.729. The van der Waals surface area contributed by atoms with Crippen LogP contribution in [0.5, 0.6) is 0 Å². The molecule has 0 unspecified atom stereocenters. The molecule has 0 bridgehead atoms. The number of carbonyl (C=O) groups is 4. The first-order chi connectivity index (χ1) is 12.9. The fourth-order valence-corrected chi connectivity index (χ4v) is 2.96. The van der Waals surface area contributed by atoms with Crippen molar-refractivity contribution in [2.75, 3.05) is 0 Å². The fraction of sp³-hybridized carbons (Fsp3) is 0.429. The van der Waals surface area contributed by atoms with E-state index in [1.54, 1.807) is 65.0 Å². The Kier molecular flexibility index (Phi) is 6.07. The topological polar surface area (TPSA) is 84.0 Å². The number of nitrogens with zero attached hydrogens (tertiary/aromatic N) is 2. The first-order valence-electron chi connectivity index (χ1n) is 9.12. The molecule has 1 atom stereocenters. The van der Waals surface area contributed by atoms with Crippen LogP contribution in [0.15, 0.2) is 36.0 Å². The van der Waals surface area contributed by atoms with Crippen molar-refractivity contribution in [2.24, 2.45) is 5.92 Å². The van der Waals surface area contributed by atoms with E-state index in [0.29, 0.717) is 5.56 Å². The Morgan fingerprint density at radius 3 is 2.14 bits per heavy atom. The fourth-order valence-electron chi connectivity index (χ4n) is 2.96. The Bertz CT molecular complexity index is 821. The van der Waals surface area contributed by atoms with Gasteiger partial charge in [-0.1, -0.05) is 44.2 Å². The second-order valence-corrected chi connectivity index (χ2v) is 7.98. The average Bonchev–Trinajstić information content (AvgIpc) is 2.56. The zero-order valence-corrected chi connectivity index (χ0v) is 17.1. The lowest BCUT2D eigenvalue weighted by Crippen LogP contribution is -2.63. The molecule has 0 saturated carbocycles. The molecule has 7 nitrogen and oxygen atoms in total. The minimum Gasteiger partial charge on any atom is -0.443 e. The van der Waals surface area contributed by atoms with Crippen LogP contribution in [0.25, 0.3) is 6.08 Å². The summed E-state index contributed by atoms with van der Waals surface area (Å²) >= 11 is 0. The van der Waals surface area contributed by atoms with Crippen LogP contribution in [-0.2, 0) is 19.1 Å². The number of rotatable bonds is 2. The van der Waals surface area contributed by atoms with Crippen molar-refractivity contribution in [3.63, 3.8) is 0 Å². The molecule has 1 aliphatic rings. The third-order valence-electron chi connectivity index (χ3n) is 4.08. The van der Waals surface area contributed by atoms with Gasteiger partial charge in [-0.05, 0) is 38.3 Å². The number of hydrogen-bond donors (Lipinski definition) is 0. The van der Waals surface area contributed by atoms with Crippen molar-refractivity contribution in [2.45, 2.75) is 53.2 Å². The third kappa shape index (κ3) is 4.47. The number of ether oxygens (including phenoxy) is 1. The number of imide groups is 2. The SMILES string of the molecule is CC(=O)N1C(=O)/C(=C/c2ccccc2)N(C(=O)OC(C)(C)C)C(=O)[C@@H]1C(C)C. The predicted octanol–water partition coefficient (Wildman–Crippen LogP) is 3.20. The summed E-state index contributed by atoms with van der Waals surface area (Å²) in [4.78, 5) is 53.0. The molecule has 28 heavy (non-hydrogen) atoms. The summed E-state index contributed by atoms with van der Waals surface area (Å²) in [7, 11) is 0. The van der Waals surface area contributed by atoms with Crippen LogP contribution < -0.4 is 0 Å². The second-order valence-electron chi connectivity index (χ2n) is 7.98. The Morgan fingerprint density at radius 2 is 1.68 bits per heavy atom. The molecule has 0 aliphatic carbocycles. The van der Waals surface area contributed by atoms with E-state index in [1.165, 1.54) is 13.0 Å². The van der Waals surface area contributed by atoms with E-state index >= 15 is 0 Å². The Hall–Kier alpha value is -2.96. The van der Waals surface area contributed by atoms with Gasteiger partial charge in [0.1, 0.15) is 17.3 Å². The molecule has 1 heterocycles. The zero-order valence-electron chi connectivity index (χ0n) is 17.1. The van der Waals surface area contributed by atoms with Crippen LogP contribution in [0.3, 0.4) is 0 Å². The summed E-state index contributed by atoms with van der Waals surface area (Å²) in [5.74, 6) is -2.30. The monoisotopic (exact) mass is 386 g/mol. The molecule has 1 fully saturated rings. The number of carbonyl (C=O) groups excluding carboxylic acids is 4. The molecule has 0 radical (unpaired) electrons. The standard InChI is InChI=1S/C21H26N2O5/c1-13(2)17-19(26)23(20(27)28-21(4,5)6)16(18(25)22(17)14(3)24)12-15-10-8-7-9-11-15/h7-13,17H,1-6H3/b16-12-/t17-/m0/s1. The Labute approximate surface area is 164 Å². The van der Waals surface area contributed by atoms with Crippen molar-refractivity contribution >= 4 is 29.9 Å². The van der Waals surface area contributed by atoms with Crippen LogP contribution in [0.2, 0.25) is 0 Å². The molecule has 0 spiro atoms. The van der Waals surface area contributed by atoms with Gasteiger partial charge in [-0.3, -0.25) is 19.3 Å². The lowest BCUT2D eigenvalue weighted by molar-refractivity contribution is -0.159. The molecule has 150 valence electrons. The van der Waals surface area contributed by atoms with Gasteiger partial charge >= 0.3 is 6.09 Å². The van der Waals surface area contributed by atoms with Gasteiger partial charge in [0.2, 0.25) is 5.91 Å². The lowest BCUT2D eigenvalue weighted by atomic mass is 9.96. The summed E-state index contributed by atoms with van der Waals surface area (Å²) in [5.41, 5.74) is -0.459. The second kappa shape index (κ2) is 7.96. The molecule has 4 amide bonds. The van der Waals surface area contributed by atoms with Crippen molar-refractivity contribution in [3.8, 4) is 0 Å². The highest BCUT2D eigenvalue weighted by Crippen LogP contribution is 2.29. The maximum atomic E-state index is 13.2. The zero-order chi connectivity index (χ0) is 21.2. The number of piperazine rings is 1. The summed E-state index contributed by atoms with van der Waals surface area (Å²) < 4.78 is 5.36. The van der Waals surface area contributed by atoms with Crippen LogP contribution in [-0.4, -0.2) is 45.3 Å². The van der Waals surface area contributed by atoms with Crippen molar-refractivity contribution in [1.82, 2.24) is 9.80 Å². The van der Waals surface area contributed by atoms with Gasteiger partial charge in [0.05, 0.1) is 0 Å². The summed E-state index contributed by atoms with van der Waals surface area (Å²) in [6.45, 7) is 9.66. The van der Waals surface area contributed by atoms with Gasteiger partial charge in [-0.2, -0.15) is 0 Å². The van der Waals surface area contributed by atoms with Gasteiger partial charge in [0, 0.05) is 6.92 Å². The van der Waals surface area contributed by atoms with Gasteiger partial charge in [-0.25, -0.2) is 9.69 Å². The highest BCUT2D eigenvalue weighted by atomic mass is 16.6. The first kappa shape index (κ1) is 21.3. The molecule has 1 aromatic rings. The highest BCUT2D eigenvalue weighted by Gasteiger charge is 2.49. The molecule has 1 saturated heterocycles. The van der Waals surface area contributed by atoms with E-state index in [0.717, 1.165) is 9.80 Å². The van der Waals surface area contributed by atoms with Gasteiger partial charge in [0.15, 0.2) is 0 Å². The number of hydrogen-bond acceptors (Lipinski definition) is 5. The maximum absolute atomic E-state index is 13.2. The van der Waals surface area contributed by atoms with E-state index in [9.17, 15) is 19.2 Å². The highest BCUT2D eigenvalue weighted by molar-refractivity contribution is 6.18. The number of amides is 4. The average molecular weight is 386 g/mol. The van der Waals surface area contributed by atoms with E-state index in [2.05, 4.69) is 0 Å². The molecular formula is C21H26N2O5. The largest absolute Gasteiger partial charge is 0.443 e. The summed E-state index contributed by atoms with van der Waals surface area (Å²) in [6.07, 6.45) is 0.471. The molecule has 0 aromatic heterocycles. The normalized spacial score (nSPS) is 19.4. The molecule has 1 aromatic carbocycles. The van der Waals surface area contributed by atoms with E-state index in [-0.39, 0.29) is 11.6 Å². The van der Waals surface area contributed by atoms with E-state index in [1.807, 2.05) is 0 Å². The summed E-state index contributed by atoms with van der Waals surface area (Å²) in [6, 6.07) is 7.70. The van der Waals surface area contributed by atoms with Gasteiger partial charge in [0.25, 0.3) is 11.8 Å². The van der Waals surface area contributed by atoms with E-state index in [4.69, 9.17) is 4.74 Å². The molecular weight excluding hydrogens is 360 g/mol. The first-order valence-corrected chi connectivity index (χ1v) is 9.12. The van der Waals surface area contributed by atoms with E-state index < -0.39 is 35.5 Å². The smallest absolute Gasteiger partial charge is 0.421 e. The van der Waals surface area contributed by atoms with Crippen LogP contribution in [0, 0.1) is 5.92 Å². The Balaban J connectivity index is 2.63. The number of benzene rings is 1. The van der Waals surface area contributed by atoms with Gasteiger partial charge in [-0.15, -0.1) is 0 Å². The van der Waals surface area contributed by atoms with Crippen molar-refractivity contribution in [3.05, 3.63) is 41.6 Å². The molecule has 7 heteroatoms.